The lowest BCUT2D eigenvalue weighted by Crippen LogP contribution is -2.29. The van der Waals surface area contributed by atoms with Crippen molar-refractivity contribution in [3.63, 3.8) is 0 Å². The fourth-order valence-electron chi connectivity index (χ4n) is 1.23. The minimum atomic E-state index is -0.872. The van der Waals surface area contributed by atoms with Crippen LogP contribution in [0.3, 0.4) is 0 Å². The van der Waals surface area contributed by atoms with Gasteiger partial charge < -0.3 is 9.84 Å². The Hall–Kier alpha value is -0.970. The molecule has 0 bridgehead atoms. The highest BCUT2D eigenvalue weighted by Crippen LogP contribution is 2.32. The maximum atomic E-state index is 10.4. The van der Waals surface area contributed by atoms with E-state index < -0.39 is 5.97 Å². The molecule has 1 aromatic carbocycles. The number of hydrogen-bond donors (Lipinski definition) is 1. The number of halogens is 2. The predicted molar refractivity (Wildman–Crippen MR) is 67.1 cm³/mol. The molecule has 1 rings (SSSR count). The van der Waals surface area contributed by atoms with Gasteiger partial charge in [-0.2, -0.15) is 0 Å². The summed E-state index contributed by atoms with van der Waals surface area (Å²) in [7, 11) is 1.70. The van der Waals surface area contributed by atoms with Crippen LogP contribution in [0.4, 0.5) is 0 Å². The number of aliphatic carboxylic acids is 1. The number of para-hydroxylation sites is 1. The van der Waals surface area contributed by atoms with Crippen LogP contribution < -0.4 is 4.74 Å². The second-order valence-corrected chi connectivity index (χ2v) is 4.35. The van der Waals surface area contributed by atoms with E-state index in [0.29, 0.717) is 28.9 Å². The third-order valence-electron chi connectivity index (χ3n) is 2.04. The van der Waals surface area contributed by atoms with Gasteiger partial charge in [-0.15, -0.1) is 0 Å². The van der Waals surface area contributed by atoms with Crippen molar-refractivity contribution in [3.05, 3.63) is 28.2 Å². The number of benzene rings is 1. The molecule has 0 saturated carbocycles. The molecule has 1 N–H and O–H groups in total. The summed E-state index contributed by atoms with van der Waals surface area (Å²) in [6.07, 6.45) is 0. The fraction of sp³-hybridized carbons (Fsp3) is 0.364. The summed E-state index contributed by atoms with van der Waals surface area (Å²) >= 11 is 11.8. The molecule has 0 aliphatic rings. The summed E-state index contributed by atoms with van der Waals surface area (Å²) < 4.78 is 5.42. The third-order valence-corrected chi connectivity index (χ3v) is 2.64. The molecule has 0 heterocycles. The maximum absolute atomic E-state index is 10.4. The van der Waals surface area contributed by atoms with Gasteiger partial charge in [-0.05, 0) is 19.2 Å². The molecule has 0 aliphatic heterocycles. The number of carbonyl (C=O) groups is 1. The Labute approximate surface area is 110 Å². The van der Waals surface area contributed by atoms with E-state index in [2.05, 4.69) is 0 Å². The monoisotopic (exact) mass is 277 g/mol. The van der Waals surface area contributed by atoms with E-state index >= 15 is 0 Å². The van der Waals surface area contributed by atoms with E-state index in [1.165, 1.54) is 0 Å². The van der Waals surface area contributed by atoms with Gasteiger partial charge in [0.05, 0.1) is 16.6 Å². The van der Waals surface area contributed by atoms with E-state index in [1.807, 2.05) is 0 Å². The van der Waals surface area contributed by atoms with Crippen molar-refractivity contribution in [3.8, 4) is 5.75 Å². The molecule has 0 amide bonds. The second-order valence-electron chi connectivity index (χ2n) is 3.53. The topological polar surface area (TPSA) is 49.8 Å². The predicted octanol–water partition coefficient (Wildman–Crippen LogP) is 2.39. The summed E-state index contributed by atoms with van der Waals surface area (Å²) in [6, 6.07) is 5.10. The van der Waals surface area contributed by atoms with E-state index in [1.54, 1.807) is 30.1 Å². The molecule has 17 heavy (non-hydrogen) atoms. The van der Waals surface area contributed by atoms with Gasteiger partial charge in [0.1, 0.15) is 6.61 Å². The van der Waals surface area contributed by atoms with Crippen LogP contribution in [0.15, 0.2) is 18.2 Å². The second kappa shape index (κ2) is 6.69. The molecule has 94 valence electrons. The van der Waals surface area contributed by atoms with Crippen molar-refractivity contribution >= 4 is 29.2 Å². The number of nitrogens with zero attached hydrogens (tertiary/aromatic N) is 1. The first-order valence-electron chi connectivity index (χ1n) is 4.98. The number of hydrogen-bond acceptors (Lipinski definition) is 3. The Morgan fingerprint density at radius 3 is 2.53 bits per heavy atom. The number of likely N-dealkylation sites (N-methyl/N-ethyl adjacent to an activating group) is 1. The van der Waals surface area contributed by atoms with Gasteiger partial charge in [-0.25, -0.2) is 0 Å². The Bertz CT molecular complexity index is 378. The lowest BCUT2D eigenvalue weighted by atomic mass is 10.3. The summed E-state index contributed by atoms with van der Waals surface area (Å²) in [6.45, 7) is 0.778. The van der Waals surface area contributed by atoms with E-state index in [4.69, 9.17) is 33.0 Å². The number of carboxylic acids is 1. The average Bonchev–Trinajstić information content (AvgIpc) is 2.21. The molecular weight excluding hydrogens is 265 g/mol. The van der Waals surface area contributed by atoms with Crippen LogP contribution in [0, 0.1) is 0 Å². The Balaban J connectivity index is 2.43. The summed E-state index contributed by atoms with van der Waals surface area (Å²) in [5.41, 5.74) is 0. The van der Waals surface area contributed by atoms with Gasteiger partial charge in [0, 0.05) is 6.54 Å². The molecule has 0 aromatic heterocycles. The van der Waals surface area contributed by atoms with Gasteiger partial charge in [-0.1, -0.05) is 29.3 Å². The molecule has 0 spiro atoms. The molecular formula is C11H13Cl2NO3. The molecule has 1 aromatic rings. The highest BCUT2D eigenvalue weighted by atomic mass is 35.5. The van der Waals surface area contributed by atoms with Crippen molar-refractivity contribution < 1.29 is 14.6 Å². The minimum absolute atomic E-state index is 0.0282. The van der Waals surface area contributed by atoms with E-state index in [9.17, 15) is 4.79 Å². The van der Waals surface area contributed by atoms with Crippen LogP contribution in [0.5, 0.6) is 5.75 Å². The Morgan fingerprint density at radius 2 is 2.00 bits per heavy atom. The molecule has 0 radical (unpaired) electrons. The number of rotatable bonds is 6. The standard InChI is InChI=1S/C11H13Cl2NO3/c1-14(7-10(15)16)5-6-17-11-8(12)3-2-4-9(11)13/h2-4H,5-7H2,1H3,(H,15,16). The normalized spacial score (nSPS) is 10.6. The van der Waals surface area contributed by atoms with Gasteiger partial charge >= 0.3 is 5.97 Å². The largest absolute Gasteiger partial charge is 0.489 e. The smallest absolute Gasteiger partial charge is 0.317 e. The quantitative estimate of drug-likeness (QED) is 0.868. The van der Waals surface area contributed by atoms with Crippen molar-refractivity contribution in [2.24, 2.45) is 0 Å². The summed E-state index contributed by atoms with van der Waals surface area (Å²) in [4.78, 5) is 12.1. The number of carboxylic acid groups (broad SMARTS) is 1. The minimum Gasteiger partial charge on any atom is -0.489 e. The molecule has 0 aliphatic carbocycles. The first-order chi connectivity index (χ1) is 8.00. The van der Waals surface area contributed by atoms with Gasteiger partial charge in [0.2, 0.25) is 0 Å². The SMILES string of the molecule is CN(CCOc1c(Cl)cccc1Cl)CC(=O)O. The molecule has 0 unspecified atom stereocenters. The molecule has 0 atom stereocenters. The van der Waals surface area contributed by atoms with Crippen molar-refractivity contribution in [1.29, 1.82) is 0 Å². The van der Waals surface area contributed by atoms with Crippen molar-refractivity contribution in [2.75, 3.05) is 26.7 Å². The Kier molecular flexibility index (Phi) is 5.55. The average molecular weight is 278 g/mol. The van der Waals surface area contributed by atoms with Crippen LogP contribution in [-0.4, -0.2) is 42.7 Å². The Morgan fingerprint density at radius 1 is 1.41 bits per heavy atom. The van der Waals surface area contributed by atoms with Crippen molar-refractivity contribution in [1.82, 2.24) is 4.90 Å². The van der Waals surface area contributed by atoms with Crippen molar-refractivity contribution in [2.45, 2.75) is 0 Å². The zero-order chi connectivity index (χ0) is 12.8. The number of ether oxygens (including phenoxy) is 1. The van der Waals surface area contributed by atoms with Gasteiger partial charge in [0.25, 0.3) is 0 Å². The highest BCUT2D eigenvalue weighted by Gasteiger charge is 2.08. The molecule has 0 saturated heterocycles. The maximum Gasteiger partial charge on any atom is 0.317 e. The van der Waals surface area contributed by atoms with Crippen LogP contribution in [-0.2, 0) is 4.79 Å². The highest BCUT2D eigenvalue weighted by molar-refractivity contribution is 6.37. The zero-order valence-electron chi connectivity index (χ0n) is 9.32. The van der Waals surface area contributed by atoms with Gasteiger partial charge in [0.15, 0.2) is 5.75 Å². The first kappa shape index (κ1) is 14.1. The molecule has 0 fully saturated rings. The van der Waals surface area contributed by atoms with Crippen LogP contribution >= 0.6 is 23.2 Å². The molecule has 4 nitrogen and oxygen atoms in total. The zero-order valence-corrected chi connectivity index (χ0v) is 10.8. The summed E-state index contributed by atoms with van der Waals surface area (Å²) in [5.74, 6) is -0.442. The van der Waals surface area contributed by atoms with Crippen LogP contribution in [0.1, 0.15) is 0 Å². The molecule has 6 heteroatoms. The lowest BCUT2D eigenvalue weighted by molar-refractivity contribution is -0.138. The summed E-state index contributed by atoms with van der Waals surface area (Å²) in [5, 5.41) is 9.45. The van der Waals surface area contributed by atoms with Gasteiger partial charge in [-0.3, -0.25) is 9.69 Å². The van der Waals surface area contributed by atoms with E-state index in [-0.39, 0.29) is 6.54 Å². The third kappa shape index (κ3) is 4.81. The first-order valence-corrected chi connectivity index (χ1v) is 5.73. The lowest BCUT2D eigenvalue weighted by Gasteiger charge is -2.15. The van der Waals surface area contributed by atoms with E-state index in [0.717, 1.165) is 0 Å². The fourth-order valence-corrected chi connectivity index (χ4v) is 1.74. The van der Waals surface area contributed by atoms with Crippen LogP contribution in [0.2, 0.25) is 10.0 Å². The van der Waals surface area contributed by atoms with Crippen LogP contribution in [0.25, 0.3) is 0 Å².